The normalized spacial score (nSPS) is 10.5. The van der Waals surface area contributed by atoms with Gasteiger partial charge in [-0.05, 0) is 42.2 Å². The molecule has 2 rings (SSSR count). The molecule has 0 fully saturated rings. The van der Waals surface area contributed by atoms with E-state index in [4.69, 9.17) is 4.74 Å². The second kappa shape index (κ2) is 9.04. The first-order valence-electron chi connectivity index (χ1n) is 8.82. The highest BCUT2D eigenvalue weighted by Crippen LogP contribution is 2.26. The van der Waals surface area contributed by atoms with Gasteiger partial charge in [-0.2, -0.15) is 0 Å². The van der Waals surface area contributed by atoms with Crippen LogP contribution in [0.1, 0.15) is 44.2 Å². The smallest absolute Gasteiger partial charge is 0.262 e. The summed E-state index contributed by atoms with van der Waals surface area (Å²) in [7, 11) is 0. The predicted octanol–water partition coefficient (Wildman–Crippen LogP) is 4.48. The van der Waals surface area contributed by atoms with Gasteiger partial charge in [0, 0.05) is 17.8 Å². The van der Waals surface area contributed by atoms with Crippen LogP contribution >= 0.6 is 0 Å². The largest absolute Gasteiger partial charge is 0.483 e. The van der Waals surface area contributed by atoms with E-state index in [1.807, 2.05) is 37.3 Å². The molecule has 0 aliphatic rings. The quantitative estimate of drug-likeness (QED) is 0.770. The molecular weight excluding hydrogens is 328 g/mol. The number of ether oxygens (including phenoxy) is 1. The average Bonchev–Trinajstić information content (AvgIpc) is 2.62. The standard InChI is InChI=1S/C21H26N2O3/c1-5-20(24)23-18-12-16(11-10-15(18)4)22-21(25)13-26-19-9-7-6-8-17(19)14(2)3/h6-12,14H,5,13H2,1-4H3,(H,22,25)(H,23,24). The Morgan fingerprint density at radius 3 is 2.46 bits per heavy atom. The number of hydrogen-bond acceptors (Lipinski definition) is 3. The number of benzene rings is 2. The molecule has 2 aromatic carbocycles. The van der Waals surface area contributed by atoms with Gasteiger partial charge in [-0.3, -0.25) is 9.59 Å². The molecular formula is C21H26N2O3. The van der Waals surface area contributed by atoms with E-state index in [0.29, 0.717) is 23.7 Å². The monoisotopic (exact) mass is 354 g/mol. The lowest BCUT2D eigenvalue weighted by Gasteiger charge is -2.14. The molecule has 26 heavy (non-hydrogen) atoms. The third-order valence-corrected chi connectivity index (χ3v) is 4.02. The lowest BCUT2D eigenvalue weighted by atomic mass is 10.0. The Balaban J connectivity index is 2.00. The van der Waals surface area contributed by atoms with Crippen molar-refractivity contribution in [1.29, 1.82) is 0 Å². The Kier molecular flexibility index (Phi) is 6.78. The lowest BCUT2D eigenvalue weighted by Crippen LogP contribution is -2.21. The summed E-state index contributed by atoms with van der Waals surface area (Å²) >= 11 is 0. The molecule has 2 N–H and O–H groups in total. The molecule has 0 radical (unpaired) electrons. The second-order valence-electron chi connectivity index (χ2n) is 6.46. The Bertz CT molecular complexity index is 785. The van der Waals surface area contributed by atoms with Crippen LogP contribution in [-0.2, 0) is 9.59 Å². The molecule has 138 valence electrons. The molecule has 0 saturated carbocycles. The molecule has 0 saturated heterocycles. The molecule has 2 aromatic rings. The molecule has 0 atom stereocenters. The molecule has 0 aliphatic carbocycles. The van der Waals surface area contributed by atoms with Gasteiger partial charge in [0.25, 0.3) is 5.91 Å². The molecule has 5 heteroatoms. The molecule has 0 spiro atoms. The van der Waals surface area contributed by atoms with Crippen LogP contribution in [0.25, 0.3) is 0 Å². The van der Waals surface area contributed by atoms with Crippen LogP contribution in [-0.4, -0.2) is 18.4 Å². The molecule has 0 aromatic heterocycles. The predicted molar refractivity (Wildman–Crippen MR) is 105 cm³/mol. The van der Waals surface area contributed by atoms with E-state index in [-0.39, 0.29) is 18.4 Å². The fourth-order valence-corrected chi connectivity index (χ4v) is 2.50. The zero-order chi connectivity index (χ0) is 19.1. The summed E-state index contributed by atoms with van der Waals surface area (Å²) in [4.78, 5) is 23.8. The van der Waals surface area contributed by atoms with Crippen molar-refractivity contribution in [3.8, 4) is 5.75 Å². The maximum absolute atomic E-state index is 12.2. The Hall–Kier alpha value is -2.82. The molecule has 0 unspecified atom stereocenters. The second-order valence-corrected chi connectivity index (χ2v) is 6.46. The first-order valence-corrected chi connectivity index (χ1v) is 8.82. The van der Waals surface area contributed by atoms with Crippen LogP contribution in [0, 0.1) is 6.92 Å². The van der Waals surface area contributed by atoms with Crippen LogP contribution < -0.4 is 15.4 Å². The maximum Gasteiger partial charge on any atom is 0.262 e. The van der Waals surface area contributed by atoms with Gasteiger partial charge >= 0.3 is 0 Å². The number of nitrogens with one attached hydrogen (secondary N) is 2. The van der Waals surface area contributed by atoms with Gasteiger partial charge in [-0.15, -0.1) is 0 Å². The van der Waals surface area contributed by atoms with Gasteiger partial charge < -0.3 is 15.4 Å². The highest BCUT2D eigenvalue weighted by Gasteiger charge is 2.10. The lowest BCUT2D eigenvalue weighted by molar-refractivity contribution is -0.118. The number of aryl methyl sites for hydroxylation is 1. The molecule has 0 aliphatic heterocycles. The highest BCUT2D eigenvalue weighted by molar-refractivity contribution is 5.95. The zero-order valence-corrected chi connectivity index (χ0v) is 15.8. The van der Waals surface area contributed by atoms with Crippen LogP contribution in [0.3, 0.4) is 0 Å². The number of para-hydroxylation sites is 1. The van der Waals surface area contributed by atoms with E-state index >= 15 is 0 Å². The first-order chi connectivity index (χ1) is 12.4. The van der Waals surface area contributed by atoms with E-state index in [9.17, 15) is 9.59 Å². The summed E-state index contributed by atoms with van der Waals surface area (Å²) < 4.78 is 5.69. The Morgan fingerprint density at radius 2 is 1.77 bits per heavy atom. The van der Waals surface area contributed by atoms with Gasteiger partial charge in [0.15, 0.2) is 6.61 Å². The SMILES string of the molecule is CCC(=O)Nc1cc(NC(=O)COc2ccccc2C(C)C)ccc1C. The minimum atomic E-state index is -0.250. The fourth-order valence-electron chi connectivity index (χ4n) is 2.50. The number of carbonyl (C=O) groups excluding carboxylic acids is 2. The molecule has 0 bridgehead atoms. The van der Waals surface area contributed by atoms with Crippen molar-refractivity contribution in [3.63, 3.8) is 0 Å². The molecule has 5 nitrogen and oxygen atoms in total. The molecule has 0 heterocycles. The van der Waals surface area contributed by atoms with Gasteiger partial charge in [-0.25, -0.2) is 0 Å². The van der Waals surface area contributed by atoms with Crippen molar-refractivity contribution in [2.24, 2.45) is 0 Å². The third kappa shape index (κ3) is 5.34. The van der Waals surface area contributed by atoms with Crippen LogP contribution in [0.4, 0.5) is 11.4 Å². The van der Waals surface area contributed by atoms with Crippen molar-refractivity contribution >= 4 is 23.2 Å². The van der Waals surface area contributed by atoms with E-state index in [0.717, 1.165) is 16.9 Å². The van der Waals surface area contributed by atoms with Crippen LogP contribution in [0.15, 0.2) is 42.5 Å². The van der Waals surface area contributed by atoms with Gasteiger partial charge in [-0.1, -0.05) is 45.0 Å². The summed E-state index contributed by atoms with van der Waals surface area (Å²) in [5.74, 6) is 0.721. The number of anilines is 2. The third-order valence-electron chi connectivity index (χ3n) is 4.02. The number of rotatable bonds is 7. The van der Waals surface area contributed by atoms with Crippen LogP contribution in [0.2, 0.25) is 0 Å². The van der Waals surface area contributed by atoms with Crippen molar-refractivity contribution in [2.75, 3.05) is 17.2 Å². The maximum atomic E-state index is 12.2. The van der Waals surface area contributed by atoms with E-state index in [2.05, 4.69) is 24.5 Å². The van der Waals surface area contributed by atoms with E-state index in [1.54, 1.807) is 19.1 Å². The average molecular weight is 354 g/mol. The highest BCUT2D eigenvalue weighted by atomic mass is 16.5. The number of hydrogen-bond donors (Lipinski definition) is 2. The molecule has 2 amide bonds. The summed E-state index contributed by atoms with van der Waals surface area (Å²) in [6, 6.07) is 13.1. The van der Waals surface area contributed by atoms with Crippen molar-refractivity contribution < 1.29 is 14.3 Å². The van der Waals surface area contributed by atoms with Gasteiger partial charge in [0.05, 0.1) is 0 Å². The summed E-state index contributed by atoms with van der Waals surface area (Å²) in [6.07, 6.45) is 0.402. The van der Waals surface area contributed by atoms with E-state index in [1.165, 1.54) is 0 Å². The topological polar surface area (TPSA) is 67.4 Å². The zero-order valence-electron chi connectivity index (χ0n) is 15.8. The summed E-state index contributed by atoms with van der Waals surface area (Å²) in [6.45, 7) is 7.79. The summed E-state index contributed by atoms with van der Waals surface area (Å²) in [5, 5.41) is 5.63. The first kappa shape index (κ1) is 19.5. The number of amides is 2. The van der Waals surface area contributed by atoms with Gasteiger partial charge in [0.2, 0.25) is 5.91 Å². The van der Waals surface area contributed by atoms with Crippen molar-refractivity contribution in [2.45, 2.75) is 40.0 Å². The Labute approximate surface area is 154 Å². The van der Waals surface area contributed by atoms with Crippen molar-refractivity contribution in [1.82, 2.24) is 0 Å². The fraction of sp³-hybridized carbons (Fsp3) is 0.333. The minimum absolute atomic E-state index is 0.0646. The van der Waals surface area contributed by atoms with Crippen LogP contribution in [0.5, 0.6) is 5.75 Å². The van der Waals surface area contributed by atoms with E-state index < -0.39 is 0 Å². The van der Waals surface area contributed by atoms with Crippen molar-refractivity contribution in [3.05, 3.63) is 53.6 Å². The minimum Gasteiger partial charge on any atom is -0.483 e. The number of carbonyl (C=O) groups is 2. The summed E-state index contributed by atoms with van der Waals surface area (Å²) in [5.41, 5.74) is 3.32. The Morgan fingerprint density at radius 1 is 1.04 bits per heavy atom. The van der Waals surface area contributed by atoms with Gasteiger partial charge in [0.1, 0.15) is 5.75 Å².